The smallest absolute Gasteiger partial charge is 0.0897 e. The second kappa shape index (κ2) is 5.16. The van der Waals surface area contributed by atoms with Crippen molar-refractivity contribution in [3.05, 3.63) is 58.6 Å². The minimum absolute atomic E-state index is 0.137. The van der Waals surface area contributed by atoms with Gasteiger partial charge >= 0.3 is 0 Å². The lowest BCUT2D eigenvalue weighted by Gasteiger charge is -2.15. The van der Waals surface area contributed by atoms with Gasteiger partial charge in [-0.2, -0.15) is 0 Å². The van der Waals surface area contributed by atoms with Crippen molar-refractivity contribution in [2.75, 3.05) is 0 Å². The van der Waals surface area contributed by atoms with Gasteiger partial charge in [0, 0.05) is 16.9 Å². The lowest BCUT2D eigenvalue weighted by molar-refractivity contribution is 0.617. The summed E-state index contributed by atoms with van der Waals surface area (Å²) in [6.07, 6.45) is 4.99. The number of nitrogens with zero attached hydrogens (tertiary/aromatic N) is 2. The summed E-state index contributed by atoms with van der Waals surface area (Å²) in [5.41, 5.74) is 4.58. The van der Waals surface area contributed by atoms with Crippen LogP contribution in [0.1, 0.15) is 17.3 Å². The molecule has 2 rings (SSSR count). The maximum Gasteiger partial charge on any atom is 0.0897 e. The van der Waals surface area contributed by atoms with Crippen LogP contribution in [0.3, 0.4) is 0 Å². The third-order valence-corrected chi connectivity index (χ3v) is 2.78. The van der Waals surface area contributed by atoms with Crippen molar-refractivity contribution < 1.29 is 0 Å². The average molecular weight is 279 g/mol. The standard InChI is InChI=1S/C11H11BrN4/c12-9-3-1-8(2-4-9)11(16-13)10-7-14-5-6-15-10/h1-7,11,16H,13H2. The third-order valence-electron chi connectivity index (χ3n) is 2.25. The zero-order chi connectivity index (χ0) is 11.4. The molecule has 82 valence electrons. The Bertz CT molecular complexity index is 443. The Morgan fingerprint density at radius 3 is 2.50 bits per heavy atom. The van der Waals surface area contributed by atoms with Gasteiger partial charge in [0.15, 0.2) is 0 Å². The highest BCUT2D eigenvalue weighted by Crippen LogP contribution is 2.20. The van der Waals surface area contributed by atoms with Crippen LogP contribution in [0.25, 0.3) is 0 Å². The molecule has 0 bridgehead atoms. The van der Waals surface area contributed by atoms with Crippen LogP contribution in [0.5, 0.6) is 0 Å². The Morgan fingerprint density at radius 2 is 1.94 bits per heavy atom. The predicted molar refractivity (Wildman–Crippen MR) is 65.3 cm³/mol. The van der Waals surface area contributed by atoms with E-state index < -0.39 is 0 Å². The molecular weight excluding hydrogens is 268 g/mol. The first-order valence-electron chi connectivity index (χ1n) is 4.79. The number of nitrogens with two attached hydrogens (primary N) is 1. The minimum Gasteiger partial charge on any atom is -0.271 e. The monoisotopic (exact) mass is 278 g/mol. The molecule has 1 atom stereocenters. The first-order chi connectivity index (χ1) is 7.81. The zero-order valence-electron chi connectivity index (χ0n) is 8.47. The highest BCUT2D eigenvalue weighted by atomic mass is 79.9. The van der Waals surface area contributed by atoms with E-state index >= 15 is 0 Å². The van der Waals surface area contributed by atoms with Gasteiger partial charge in [0.05, 0.1) is 17.9 Å². The molecule has 1 aromatic heterocycles. The molecular formula is C11H11BrN4. The van der Waals surface area contributed by atoms with Crippen LogP contribution < -0.4 is 11.3 Å². The second-order valence-corrected chi connectivity index (χ2v) is 4.20. The van der Waals surface area contributed by atoms with Crippen LogP contribution in [-0.2, 0) is 0 Å². The van der Waals surface area contributed by atoms with E-state index in [2.05, 4.69) is 31.3 Å². The van der Waals surface area contributed by atoms with Gasteiger partial charge < -0.3 is 0 Å². The number of hydrazine groups is 1. The molecule has 3 N–H and O–H groups in total. The van der Waals surface area contributed by atoms with Gasteiger partial charge in [-0.05, 0) is 17.7 Å². The predicted octanol–water partition coefficient (Wildman–Crippen LogP) is 1.79. The number of benzene rings is 1. The Morgan fingerprint density at radius 1 is 1.19 bits per heavy atom. The van der Waals surface area contributed by atoms with E-state index in [1.807, 2.05) is 24.3 Å². The molecule has 1 unspecified atom stereocenters. The van der Waals surface area contributed by atoms with Crippen molar-refractivity contribution in [3.8, 4) is 0 Å². The van der Waals surface area contributed by atoms with Crippen molar-refractivity contribution in [1.29, 1.82) is 0 Å². The topological polar surface area (TPSA) is 63.8 Å². The van der Waals surface area contributed by atoms with Gasteiger partial charge in [-0.25, -0.2) is 5.43 Å². The SMILES string of the molecule is NNC(c1ccc(Br)cc1)c1cnccn1. The van der Waals surface area contributed by atoms with Crippen LogP contribution in [0.15, 0.2) is 47.3 Å². The van der Waals surface area contributed by atoms with E-state index in [9.17, 15) is 0 Å². The quantitative estimate of drug-likeness (QED) is 0.664. The van der Waals surface area contributed by atoms with Crippen molar-refractivity contribution in [1.82, 2.24) is 15.4 Å². The number of hydrogen-bond donors (Lipinski definition) is 2. The highest BCUT2D eigenvalue weighted by molar-refractivity contribution is 9.10. The third kappa shape index (κ3) is 2.44. The summed E-state index contributed by atoms with van der Waals surface area (Å²) in [4.78, 5) is 8.26. The van der Waals surface area contributed by atoms with Crippen LogP contribution in [0.4, 0.5) is 0 Å². The average Bonchev–Trinajstić information content (AvgIpc) is 2.34. The first-order valence-corrected chi connectivity index (χ1v) is 5.58. The molecule has 0 spiro atoms. The van der Waals surface area contributed by atoms with Gasteiger partial charge in [0.2, 0.25) is 0 Å². The van der Waals surface area contributed by atoms with Gasteiger partial charge in [0.1, 0.15) is 0 Å². The fourth-order valence-electron chi connectivity index (χ4n) is 1.47. The van der Waals surface area contributed by atoms with Gasteiger partial charge in [-0.1, -0.05) is 28.1 Å². The molecule has 0 saturated heterocycles. The number of hydrogen-bond acceptors (Lipinski definition) is 4. The lowest BCUT2D eigenvalue weighted by Crippen LogP contribution is -2.29. The van der Waals surface area contributed by atoms with Gasteiger partial charge in [-0.15, -0.1) is 0 Å². The Labute approximate surface area is 102 Å². The number of halogens is 1. The lowest BCUT2D eigenvalue weighted by atomic mass is 10.1. The summed E-state index contributed by atoms with van der Waals surface area (Å²) in [5, 5.41) is 0. The zero-order valence-corrected chi connectivity index (χ0v) is 10.1. The van der Waals surface area contributed by atoms with Gasteiger partial charge in [-0.3, -0.25) is 15.8 Å². The summed E-state index contributed by atoms with van der Waals surface area (Å²) in [5.74, 6) is 5.55. The second-order valence-electron chi connectivity index (χ2n) is 3.28. The number of rotatable bonds is 3. The number of nitrogens with one attached hydrogen (secondary N) is 1. The highest BCUT2D eigenvalue weighted by Gasteiger charge is 2.13. The molecule has 0 aliphatic carbocycles. The van der Waals surface area contributed by atoms with E-state index in [4.69, 9.17) is 5.84 Å². The van der Waals surface area contributed by atoms with E-state index in [1.165, 1.54) is 0 Å². The summed E-state index contributed by atoms with van der Waals surface area (Å²) in [6.45, 7) is 0. The minimum atomic E-state index is -0.137. The molecule has 0 amide bonds. The normalized spacial score (nSPS) is 12.4. The number of aromatic nitrogens is 2. The molecule has 1 aromatic carbocycles. The maximum absolute atomic E-state index is 5.55. The van der Waals surface area contributed by atoms with Crippen molar-refractivity contribution in [3.63, 3.8) is 0 Å². The fourth-order valence-corrected chi connectivity index (χ4v) is 1.73. The van der Waals surface area contributed by atoms with Crippen molar-refractivity contribution >= 4 is 15.9 Å². The van der Waals surface area contributed by atoms with Crippen LogP contribution in [0.2, 0.25) is 0 Å². The maximum atomic E-state index is 5.55. The molecule has 0 fully saturated rings. The fraction of sp³-hybridized carbons (Fsp3) is 0.0909. The summed E-state index contributed by atoms with van der Waals surface area (Å²) in [6, 6.07) is 7.78. The Hall–Kier alpha value is -1.30. The Kier molecular flexibility index (Phi) is 3.61. The molecule has 2 aromatic rings. The van der Waals surface area contributed by atoms with E-state index in [0.717, 1.165) is 15.7 Å². The summed E-state index contributed by atoms with van der Waals surface area (Å²) in [7, 11) is 0. The molecule has 5 heteroatoms. The Balaban J connectivity index is 2.33. The van der Waals surface area contributed by atoms with Crippen LogP contribution >= 0.6 is 15.9 Å². The largest absolute Gasteiger partial charge is 0.271 e. The molecule has 0 aliphatic rings. The summed E-state index contributed by atoms with van der Waals surface area (Å²) < 4.78 is 1.03. The van der Waals surface area contributed by atoms with E-state index in [0.29, 0.717) is 0 Å². The molecule has 0 radical (unpaired) electrons. The van der Waals surface area contributed by atoms with Crippen LogP contribution in [-0.4, -0.2) is 9.97 Å². The molecule has 4 nitrogen and oxygen atoms in total. The van der Waals surface area contributed by atoms with Gasteiger partial charge in [0.25, 0.3) is 0 Å². The molecule has 0 aliphatic heterocycles. The van der Waals surface area contributed by atoms with E-state index in [-0.39, 0.29) is 6.04 Å². The summed E-state index contributed by atoms with van der Waals surface area (Å²) >= 11 is 3.39. The molecule has 0 saturated carbocycles. The first kappa shape index (κ1) is 11.2. The van der Waals surface area contributed by atoms with E-state index in [1.54, 1.807) is 18.6 Å². The molecule has 1 heterocycles. The van der Waals surface area contributed by atoms with Crippen molar-refractivity contribution in [2.24, 2.45) is 5.84 Å². The molecule has 16 heavy (non-hydrogen) atoms. The van der Waals surface area contributed by atoms with Crippen LogP contribution in [0, 0.1) is 0 Å². The van der Waals surface area contributed by atoms with Crippen molar-refractivity contribution in [2.45, 2.75) is 6.04 Å².